The number of carbonyl (C=O) groups is 13. The molecule has 148 heavy (non-hydrogen) atoms. The normalized spacial score (nSPS) is 14.8. The van der Waals surface area contributed by atoms with Crippen molar-refractivity contribution in [3.05, 3.63) is 150 Å². The lowest BCUT2D eigenvalue weighted by Gasteiger charge is -2.41. The number of nitrogens with one attached hydrogen (secondary N) is 8. The van der Waals surface area contributed by atoms with E-state index in [1.54, 1.807) is 131 Å². The first kappa shape index (κ1) is 121. The third-order valence-electron chi connectivity index (χ3n) is 25.8. The van der Waals surface area contributed by atoms with E-state index in [4.69, 9.17) is 57.8 Å². The summed E-state index contributed by atoms with van der Waals surface area (Å²) in [4.78, 5) is 186. The Morgan fingerprint density at radius 1 is 0.527 bits per heavy atom. The van der Waals surface area contributed by atoms with Crippen molar-refractivity contribution >= 4 is 88.5 Å². The number of aryl methyl sites for hydroxylation is 1. The molecule has 0 saturated carbocycles. The van der Waals surface area contributed by atoms with Gasteiger partial charge in [0.25, 0.3) is 0 Å². The number of methoxy groups -OCH3 is 2. The molecule has 6 aromatic rings. The first-order valence-corrected chi connectivity index (χ1v) is 51.1. The summed E-state index contributed by atoms with van der Waals surface area (Å²) in [6.45, 7) is 22.1. The van der Waals surface area contributed by atoms with E-state index in [9.17, 15) is 67.4 Å². The van der Waals surface area contributed by atoms with E-state index in [0.717, 1.165) is 38.4 Å². The van der Waals surface area contributed by atoms with Crippen LogP contribution in [0.3, 0.4) is 0 Å². The summed E-state index contributed by atoms with van der Waals surface area (Å²) in [6.07, 6.45) is 3.71. The van der Waals surface area contributed by atoms with Gasteiger partial charge in [-0.1, -0.05) is 159 Å². The molecular weight excluding hydrogens is 1910 g/mol. The number of aromatic nitrogens is 4. The Balaban J connectivity index is 0.687. The number of aliphatic carboxylic acids is 1. The topological polar surface area (TPSA) is 522 Å². The number of carboxylic acids is 1. The van der Waals surface area contributed by atoms with Gasteiger partial charge in [-0.25, -0.2) is 19.1 Å². The summed E-state index contributed by atoms with van der Waals surface area (Å²) in [5.41, 5.74) is 12.4. The summed E-state index contributed by atoms with van der Waals surface area (Å²) < 4.78 is 65.0. The summed E-state index contributed by atoms with van der Waals surface area (Å²) in [5.74, 6) is -7.84. The van der Waals surface area contributed by atoms with Crippen LogP contribution in [0, 0.1) is 29.6 Å². The first-order chi connectivity index (χ1) is 71.2. The molecule has 1 saturated heterocycles. The van der Waals surface area contributed by atoms with E-state index >= 15 is 0 Å². The number of nitrogens with two attached hydrogens (primary N) is 1. The van der Waals surface area contributed by atoms with Crippen LogP contribution in [0.25, 0.3) is 22.5 Å². The molecule has 11 N–H and O–H groups in total. The molecule has 13 amide bonds. The number of para-hydroxylation sites is 1. The van der Waals surface area contributed by atoms with E-state index in [1.807, 2.05) is 80.6 Å². The van der Waals surface area contributed by atoms with E-state index < -0.39 is 132 Å². The van der Waals surface area contributed by atoms with Gasteiger partial charge in [-0.05, 0) is 108 Å². The summed E-state index contributed by atoms with van der Waals surface area (Å²) in [6, 6.07) is 26.8. The van der Waals surface area contributed by atoms with Gasteiger partial charge in [0.15, 0.2) is 0 Å². The Labute approximate surface area is 867 Å². The lowest BCUT2D eigenvalue weighted by Crippen LogP contribution is -2.60. The van der Waals surface area contributed by atoms with Gasteiger partial charge in [0, 0.05) is 116 Å². The van der Waals surface area contributed by atoms with Gasteiger partial charge in [-0.2, -0.15) is 0 Å². The van der Waals surface area contributed by atoms with Crippen LogP contribution in [0.15, 0.2) is 128 Å². The Morgan fingerprint density at radius 2 is 1.10 bits per heavy atom. The fourth-order valence-electron chi connectivity index (χ4n) is 17.6. The van der Waals surface area contributed by atoms with E-state index in [1.165, 1.54) is 26.2 Å². The number of hydrogen-bond acceptors (Lipinski definition) is 27. The number of pyridine rings is 1. The molecule has 0 bridgehead atoms. The fourth-order valence-corrected chi connectivity index (χ4v) is 17.6. The molecule has 814 valence electrons. The molecule has 4 aromatic carbocycles. The number of ether oxygens (including phenoxy) is 11. The molecule has 0 aliphatic carbocycles. The van der Waals surface area contributed by atoms with Crippen LogP contribution in [0.1, 0.15) is 149 Å². The highest BCUT2D eigenvalue weighted by molar-refractivity contribution is 6.02. The van der Waals surface area contributed by atoms with Gasteiger partial charge in [-0.3, -0.25) is 57.8 Å². The van der Waals surface area contributed by atoms with Crippen molar-refractivity contribution in [2.45, 2.75) is 214 Å². The van der Waals surface area contributed by atoms with Crippen LogP contribution >= 0.6 is 0 Å². The minimum Gasteiger partial charge on any atom is -0.480 e. The number of urea groups is 1. The molecule has 11 atom stereocenters. The molecule has 2 aliphatic rings. The lowest BCUT2D eigenvalue weighted by molar-refractivity contribution is -0.148. The summed E-state index contributed by atoms with van der Waals surface area (Å²) >= 11 is 0. The van der Waals surface area contributed by atoms with Crippen LogP contribution in [-0.4, -0.2) is 332 Å². The quantitative estimate of drug-likeness (QED) is 0.0169. The zero-order chi connectivity index (χ0) is 107. The fraction of sp³-hybridized carbons (Fsp3) is 0.585. The van der Waals surface area contributed by atoms with Gasteiger partial charge in [0.05, 0.1) is 167 Å². The van der Waals surface area contributed by atoms with E-state index in [-0.39, 0.29) is 154 Å². The third kappa shape index (κ3) is 39.8. The van der Waals surface area contributed by atoms with Crippen LogP contribution in [0.5, 0.6) is 0 Å². The van der Waals surface area contributed by atoms with Crippen LogP contribution in [0.4, 0.5) is 21.0 Å². The third-order valence-corrected chi connectivity index (χ3v) is 25.8. The van der Waals surface area contributed by atoms with Crippen molar-refractivity contribution in [3.63, 3.8) is 0 Å². The average molecular weight is 2070 g/mol. The minimum atomic E-state index is -1.20. The molecule has 0 spiro atoms. The molecule has 42 nitrogen and oxygen atoms in total. The van der Waals surface area contributed by atoms with Crippen molar-refractivity contribution in [2.24, 2.45) is 35.3 Å². The number of benzene rings is 4. The SMILES string of the molecule is CC[C@H](C)[C@@H]([C@@H](CC(=O)N1CCC[C@H]1[C@H](OC)[C@@H](C)C(=O)N[C@@H](Cc1ccccc1)C(=O)O)OC)N(C)C(=O)[C@@H](NC(=O)[C@H](C(C)C)N(C)C(=O)OCc1ccc(NC(=O)[C@H](CCCNC(N)=O)NC(=O)[C@@H](NC(=O)CCOCCOCCOCCOCCNC(=O)CCC(=O)N2Cc3ccccc3-c3nnn(CCOCCOCCOCCOCCNC(=O)CCc4ccncc4)c3-c3ccccc32)C(C)C)cc1)C(C)C. The Kier molecular flexibility index (Phi) is 53.3. The van der Waals surface area contributed by atoms with Crippen molar-refractivity contribution < 1.29 is 120 Å². The number of anilines is 2. The number of carboxylic acid groups (broad SMARTS) is 1. The maximum atomic E-state index is 14.9. The molecule has 2 aromatic heterocycles. The molecular formula is C106H155N17O25. The Bertz CT molecular complexity index is 5120. The van der Waals surface area contributed by atoms with Crippen molar-refractivity contribution in [2.75, 3.05) is 170 Å². The standard InChI is InChI=1S/C106H155N17O25/c1-14-73(8)96(86(138-12)67-91(128)121-48-23-31-85(121)98(139-13)74(9)99(129)114-83(104(134)135)66-76-24-16-15-17-25-76)119(10)103(133)93(71(4)5)116-102(132)95(72(6)7)120(11)106(137)148-69-77-32-35-79(36-33-77)112-100(130)82(29-22-43-111-105(107)136)113-101(131)92(70(2)3)115-89(126)42-50-140-54-58-144-62-63-145-60-56-142-52-47-110-88(125)38-39-90(127)122-68-78-26-18-19-27-80(78)94-97(81-28-20-21-30-84(81)122)123(118-117-94)49-53-143-57-61-147-65-64-146-59-55-141-51-46-109-87(124)37-34-75-40-44-108-45-41-75/h15-21,24-28,30,32-33,35-36,40-41,44-45,70-74,82-83,85-86,92-93,95-96,98H,14,22-23,29,31,34,37-39,42-43,46-69H2,1-13H3,(H,109,124)(H,110,125)(H,112,130)(H,113,131)(H,114,129)(H,115,126)(H,116,132)(H,134,135)(H3,107,111,136)/t73-,74+,82-,83-,85-,86+,92-,93-,95-,96-,98+/m0/s1. The van der Waals surface area contributed by atoms with Crippen molar-refractivity contribution in [1.82, 2.24) is 71.9 Å². The van der Waals surface area contributed by atoms with Crippen LogP contribution in [-0.2, 0) is 137 Å². The number of nitrogens with zero attached hydrogens (tertiary/aromatic N) is 8. The molecule has 0 radical (unpaired) electrons. The van der Waals surface area contributed by atoms with Gasteiger partial charge < -0.3 is 120 Å². The highest BCUT2D eigenvalue weighted by Crippen LogP contribution is 2.42. The molecule has 2 aliphatic heterocycles. The molecule has 0 unspecified atom stereocenters. The lowest BCUT2D eigenvalue weighted by atomic mass is 9.89. The molecule has 4 heterocycles. The zero-order valence-electron chi connectivity index (χ0n) is 87.9. The molecule has 42 heteroatoms. The Morgan fingerprint density at radius 3 is 1.69 bits per heavy atom. The highest BCUT2D eigenvalue weighted by Gasteiger charge is 2.45. The smallest absolute Gasteiger partial charge is 0.410 e. The monoisotopic (exact) mass is 2070 g/mol. The van der Waals surface area contributed by atoms with Crippen LogP contribution in [0.2, 0.25) is 0 Å². The number of likely N-dealkylation sites (N-methyl/N-ethyl adjacent to an activating group) is 2. The van der Waals surface area contributed by atoms with Gasteiger partial charge >= 0.3 is 18.1 Å². The average Bonchev–Trinajstić information content (AvgIpc) is 1.59. The molecule has 1 fully saturated rings. The van der Waals surface area contributed by atoms with Crippen molar-refractivity contribution in [3.8, 4) is 22.5 Å². The second-order valence-corrected chi connectivity index (χ2v) is 37.6. The number of hydrogen-bond donors (Lipinski definition) is 10. The number of rotatable bonds is 69. The highest BCUT2D eigenvalue weighted by atomic mass is 16.6. The van der Waals surface area contributed by atoms with Gasteiger partial charge in [-0.15, -0.1) is 5.10 Å². The van der Waals surface area contributed by atoms with Gasteiger partial charge in [0.1, 0.15) is 42.5 Å². The number of fused-ring (bicyclic) bond motifs is 5. The number of amides is 13. The van der Waals surface area contributed by atoms with E-state index in [0.29, 0.717) is 127 Å². The van der Waals surface area contributed by atoms with Gasteiger partial charge in [0.2, 0.25) is 59.1 Å². The largest absolute Gasteiger partial charge is 0.480 e. The summed E-state index contributed by atoms with van der Waals surface area (Å²) in [5, 5.41) is 41.4. The van der Waals surface area contributed by atoms with Crippen molar-refractivity contribution in [1.29, 1.82) is 0 Å². The first-order valence-electron chi connectivity index (χ1n) is 51.1. The Hall–Kier alpha value is -12.5. The number of carbonyl (C=O) groups excluding carboxylic acids is 12. The summed E-state index contributed by atoms with van der Waals surface area (Å²) in [7, 11) is 5.96. The number of likely N-dealkylation sites (tertiary alicyclic amines) is 1. The second-order valence-electron chi connectivity index (χ2n) is 37.6. The maximum Gasteiger partial charge on any atom is 0.410 e. The number of primary amides is 1. The van der Waals surface area contributed by atoms with E-state index in [2.05, 4.69) is 57.8 Å². The minimum absolute atomic E-state index is 0.0110. The predicted octanol–water partition coefficient (Wildman–Crippen LogP) is 7.20. The second kappa shape index (κ2) is 65.3. The zero-order valence-corrected chi connectivity index (χ0v) is 87.9. The predicted molar refractivity (Wildman–Crippen MR) is 551 cm³/mol. The van der Waals surface area contributed by atoms with Crippen LogP contribution < -0.4 is 53.2 Å². The molecule has 8 rings (SSSR count). The maximum absolute atomic E-state index is 14.9.